The Morgan fingerprint density at radius 2 is 2.00 bits per heavy atom. The van der Waals surface area contributed by atoms with Crippen LogP contribution in [0, 0.1) is 0 Å². The van der Waals surface area contributed by atoms with Gasteiger partial charge in [-0.2, -0.15) is 0 Å². The van der Waals surface area contributed by atoms with Crippen LogP contribution in [0.15, 0.2) is 42.9 Å². The van der Waals surface area contributed by atoms with Crippen molar-refractivity contribution < 1.29 is 14.3 Å². The molecule has 0 aliphatic heterocycles. The van der Waals surface area contributed by atoms with Gasteiger partial charge in [-0.05, 0) is 26.3 Å². The number of hydrogen-bond acceptors (Lipinski definition) is 4. The average Bonchev–Trinajstić information content (AvgIpc) is 3.02. The van der Waals surface area contributed by atoms with Crippen molar-refractivity contribution in [1.82, 2.24) is 9.55 Å². The molecule has 22 heavy (non-hydrogen) atoms. The highest BCUT2D eigenvalue weighted by Crippen LogP contribution is 2.20. The molecule has 5 nitrogen and oxygen atoms in total. The third kappa shape index (κ3) is 3.74. The molecule has 1 aromatic heterocycles. The number of ether oxygens (including phenoxy) is 2. The molecule has 0 spiro atoms. The molecule has 1 atom stereocenters. The van der Waals surface area contributed by atoms with Gasteiger partial charge in [-0.25, -0.2) is 9.78 Å². The first-order chi connectivity index (χ1) is 10.4. The lowest BCUT2D eigenvalue weighted by Gasteiger charge is -2.22. The van der Waals surface area contributed by atoms with Crippen molar-refractivity contribution in [3.8, 4) is 0 Å². The molecule has 0 bridgehead atoms. The van der Waals surface area contributed by atoms with Crippen molar-refractivity contribution in [2.75, 3.05) is 13.7 Å². The van der Waals surface area contributed by atoms with Crippen LogP contribution in [0.5, 0.6) is 0 Å². The zero-order valence-electron chi connectivity index (χ0n) is 13.4. The predicted molar refractivity (Wildman–Crippen MR) is 83.9 cm³/mol. The number of aromatic nitrogens is 2. The summed E-state index contributed by atoms with van der Waals surface area (Å²) >= 11 is 0. The van der Waals surface area contributed by atoms with Crippen molar-refractivity contribution in [3.63, 3.8) is 0 Å². The van der Waals surface area contributed by atoms with E-state index in [2.05, 4.69) is 4.98 Å². The van der Waals surface area contributed by atoms with Gasteiger partial charge in [-0.3, -0.25) is 0 Å². The second-order valence-corrected chi connectivity index (χ2v) is 5.81. The molecule has 0 radical (unpaired) electrons. The second-order valence-electron chi connectivity index (χ2n) is 5.81. The van der Waals surface area contributed by atoms with E-state index in [9.17, 15) is 4.79 Å². The lowest BCUT2D eigenvalue weighted by atomic mass is 10.1. The molecule has 1 unspecified atom stereocenters. The Kier molecular flexibility index (Phi) is 4.98. The van der Waals surface area contributed by atoms with Crippen LogP contribution in [0.4, 0.5) is 0 Å². The van der Waals surface area contributed by atoms with Gasteiger partial charge in [0.1, 0.15) is 12.3 Å². The van der Waals surface area contributed by atoms with Crippen LogP contribution in [0.25, 0.3) is 0 Å². The number of rotatable bonds is 6. The monoisotopic (exact) mass is 302 g/mol. The summed E-state index contributed by atoms with van der Waals surface area (Å²) < 4.78 is 12.4. The summed E-state index contributed by atoms with van der Waals surface area (Å²) in [6, 6.07) is 9.96. The summed E-state index contributed by atoms with van der Waals surface area (Å²) in [4.78, 5) is 16.4. The highest BCUT2D eigenvalue weighted by molar-refractivity contribution is 5.87. The molecule has 0 saturated carbocycles. The number of benzene rings is 1. The normalized spacial score (nSPS) is 12.9. The summed E-state index contributed by atoms with van der Waals surface area (Å²) in [7, 11) is 1.59. The van der Waals surface area contributed by atoms with Crippen molar-refractivity contribution in [3.05, 3.63) is 54.1 Å². The van der Waals surface area contributed by atoms with Gasteiger partial charge in [0.25, 0.3) is 0 Å². The molecule has 0 saturated heterocycles. The topological polar surface area (TPSA) is 53.4 Å². The quantitative estimate of drug-likeness (QED) is 0.770. The van der Waals surface area contributed by atoms with Crippen molar-refractivity contribution in [2.45, 2.75) is 32.4 Å². The van der Waals surface area contributed by atoms with E-state index in [1.807, 2.05) is 55.7 Å². The molecule has 118 valence electrons. The highest BCUT2D eigenvalue weighted by Gasteiger charge is 2.23. The van der Waals surface area contributed by atoms with Crippen molar-refractivity contribution in [1.29, 1.82) is 0 Å². The molecule has 0 amide bonds. The zero-order chi connectivity index (χ0) is 16.2. The van der Waals surface area contributed by atoms with E-state index in [1.54, 1.807) is 13.4 Å². The molecule has 0 aliphatic carbocycles. The Balaban J connectivity index is 2.14. The minimum Gasteiger partial charge on any atom is -0.458 e. The summed E-state index contributed by atoms with van der Waals surface area (Å²) in [5, 5.41) is 0. The average molecular weight is 302 g/mol. The molecule has 1 aromatic carbocycles. The Labute approximate surface area is 130 Å². The second kappa shape index (κ2) is 6.75. The Bertz CT molecular complexity index is 620. The van der Waals surface area contributed by atoms with Crippen molar-refractivity contribution in [2.24, 2.45) is 0 Å². The fourth-order valence-electron chi connectivity index (χ4n) is 2.04. The van der Waals surface area contributed by atoms with E-state index >= 15 is 0 Å². The summed E-state index contributed by atoms with van der Waals surface area (Å²) in [5.74, 6) is -0.398. The SMILES string of the molecule is COC(C)(C)COC(=O)c1cncn1C(C)c1ccccc1. The van der Waals surface area contributed by atoms with Crippen LogP contribution in [-0.4, -0.2) is 34.8 Å². The number of carbonyl (C=O) groups is 1. The van der Waals surface area contributed by atoms with Gasteiger partial charge in [-0.1, -0.05) is 30.3 Å². The minimum absolute atomic E-state index is 0.00156. The van der Waals surface area contributed by atoms with Gasteiger partial charge in [-0.15, -0.1) is 0 Å². The smallest absolute Gasteiger partial charge is 0.356 e. The number of methoxy groups -OCH3 is 1. The van der Waals surface area contributed by atoms with E-state index < -0.39 is 11.6 Å². The Morgan fingerprint density at radius 3 is 2.64 bits per heavy atom. The summed E-state index contributed by atoms with van der Waals surface area (Å²) in [5.41, 5.74) is 1.03. The van der Waals surface area contributed by atoms with Crippen LogP contribution >= 0.6 is 0 Å². The van der Waals surface area contributed by atoms with E-state index in [-0.39, 0.29) is 12.6 Å². The van der Waals surface area contributed by atoms with Gasteiger partial charge >= 0.3 is 5.97 Å². The fourth-order valence-corrected chi connectivity index (χ4v) is 2.04. The van der Waals surface area contributed by atoms with E-state index in [0.29, 0.717) is 5.69 Å². The van der Waals surface area contributed by atoms with Crippen LogP contribution < -0.4 is 0 Å². The largest absolute Gasteiger partial charge is 0.458 e. The number of nitrogens with zero attached hydrogens (tertiary/aromatic N) is 2. The Hall–Kier alpha value is -2.14. The van der Waals surface area contributed by atoms with Gasteiger partial charge < -0.3 is 14.0 Å². The standard InChI is InChI=1S/C17H22N2O3/c1-13(14-8-6-5-7-9-14)19-12-18-10-15(19)16(20)22-11-17(2,3)21-4/h5-10,12-13H,11H2,1-4H3. The number of carbonyl (C=O) groups excluding carboxylic acids is 1. The first kappa shape index (κ1) is 16.2. The highest BCUT2D eigenvalue weighted by atomic mass is 16.6. The Morgan fingerprint density at radius 1 is 1.32 bits per heavy atom. The molecule has 5 heteroatoms. The van der Waals surface area contributed by atoms with Gasteiger partial charge in [0.15, 0.2) is 0 Å². The van der Waals surface area contributed by atoms with Gasteiger partial charge in [0.2, 0.25) is 0 Å². The number of esters is 1. The first-order valence-electron chi connectivity index (χ1n) is 7.23. The van der Waals surface area contributed by atoms with Crippen molar-refractivity contribution >= 4 is 5.97 Å². The molecule has 0 fully saturated rings. The summed E-state index contributed by atoms with van der Waals surface area (Å²) in [6.45, 7) is 5.94. The fraction of sp³-hybridized carbons (Fsp3) is 0.412. The lowest BCUT2D eigenvalue weighted by Crippen LogP contribution is -2.31. The maximum absolute atomic E-state index is 12.3. The van der Waals surface area contributed by atoms with Gasteiger partial charge in [0, 0.05) is 7.11 Å². The van der Waals surface area contributed by atoms with Crippen LogP contribution in [0.2, 0.25) is 0 Å². The molecule has 2 aromatic rings. The minimum atomic E-state index is -0.508. The zero-order valence-corrected chi connectivity index (χ0v) is 13.4. The van der Waals surface area contributed by atoms with E-state index in [1.165, 1.54) is 6.20 Å². The van der Waals surface area contributed by atoms with E-state index in [0.717, 1.165) is 5.56 Å². The number of imidazole rings is 1. The maximum Gasteiger partial charge on any atom is 0.356 e. The molecular formula is C17H22N2O3. The lowest BCUT2D eigenvalue weighted by molar-refractivity contribution is -0.0376. The third-order valence-electron chi connectivity index (χ3n) is 3.68. The molecule has 0 aliphatic rings. The third-order valence-corrected chi connectivity index (χ3v) is 3.68. The molecule has 2 rings (SSSR count). The molecular weight excluding hydrogens is 280 g/mol. The number of hydrogen-bond donors (Lipinski definition) is 0. The van der Waals surface area contributed by atoms with E-state index in [4.69, 9.17) is 9.47 Å². The predicted octanol–water partition coefficient (Wildman–Crippen LogP) is 3.07. The van der Waals surface area contributed by atoms with Crippen LogP contribution in [0.3, 0.4) is 0 Å². The van der Waals surface area contributed by atoms with Gasteiger partial charge in [0.05, 0.1) is 24.2 Å². The van der Waals surface area contributed by atoms with Crippen LogP contribution in [-0.2, 0) is 9.47 Å². The molecule has 0 N–H and O–H groups in total. The first-order valence-corrected chi connectivity index (χ1v) is 7.23. The molecule has 1 heterocycles. The summed E-state index contributed by atoms with van der Waals surface area (Å²) in [6.07, 6.45) is 3.18. The maximum atomic E-state index is 12.3. The van der Waals surface area contributed by atoms with Crippen LogP contribution in [0.1, 0.15) is 42.9 Å².